The molecule has 1 rings (SSSR count). The Balaban J connectivity index is 0.00000441. The molecule has 22 heavy (non-hydrogen) atoms. The van der Waals surface area contributed by atoms with Gasteiger partial charge in [-0.1, -0.05) is 6.42 Å². The van der Waals surface area contributed by atoms with Gasteiger partial charge in [0, 0.05) is 0 Å². The first-order chi connectivity index (χ1) is 9.69. The van der Waals surface area contributed by atoms with Crippen LogP contribution in [0.4, 0.5) is 18.0 Å². The van der Waals surface area contributed by atoms with Crippen LogP contribution in [0.5, 0.6) is 0 Å². The number of urea groups is 1. The highest BCUT2D eigenvalue weighted by molar-refractivity contribution is 5.95. The van der Waals surface area contributed by atoms with E-state index in [1.165, 1.54) is 10.2 Å². The van der Waals surface area contributed by atoms with Gasteiger partial charge in [0.05, 0.1) is 6.54 Å². The van der Waals surface area contributed by atoms with Crippen LogP contribution in [0.2, 0.25) is 0 Å². The van der Waals surface area contributed by atoms with Crippen molar-refractivity contribution in [1.29, 1.82) is 0 Å². The molecule has 7 nitrogen and oxygen atoms in total. The summed E-state index contributed by atoms with van der Waals surface area (Å²) in [7, 11) is 0. The van der Waals surface area contributed by atoms with Gasteiger partial charge in [0.1, 0.15) is 12.6 Å². The van der Waals surface area contributed by atoms with Crippen LogP contribution >= 0.6 is 12.4 Å². The summed E-state index contributed by atoms with van der Waals surface area (Å²) in [5.74, 6) is -1.91. The van der Waals surface area contributed by atoms with E-state index in [0.29, 0.717) is 13.0 Å². The van der Waals surface area contributed by atoms with Crippen molar-refractivity contribution in [2.45, 2.75) is 31.5 Å². The molecule has 0 aromatic rings. The predicted molar refractivity (Wildman–Crippen MR) is 71.7 cm³/mol. The van der Waals surface area contributed by atoms with E-state index in [9.17, 15) is 27.6 Å². The van der Waals surface area contributed by atoms with Crippen molar-refractivity contribution in [1.82, 2.24) is 15.5 Å². The summed E-state index contributed by atoms with van der Waals surface area (Å²) in [6.45, 7) is -1.52. The van der Waals surface area contributed by atoms with Gasteiger partial charge in [-0.2, -0.15) is 13.2 Å². The molecule has 1 aliphatic heterocycles. The van der Waals surface area contributed by atoms with E-state index in [2.05, 4.69) is 0 Å². The number of carbonyl (C=O) groups excluding carboxylic acids is 2. The summed E-state index contributed by atoms with van der Waals surface area (Å²) >= 11 is 0. The molecule has 0 bridgehead atoms. The smallest absolute Gasteiger partial charge is 0.405 e. The van der Waals surface area contributed by atoms with Crippen molar-refractivity contribution < 1.29 is 32.7 Å². The van der Waals surface area contributed by atoms with Gasteiger partial charge in [-0.05, 0) is 19.4 Å². The van der Waals surface area contributed by atoms with Crippen LogP contribution in [0, 0.1) is 0 Å². The summed E-state index contributed by atoms with van der Waals surface area (Å²) in [6.07, 6.45) is -2.73. The molecule has 11 heteroatoms. The molecule has 0 aromatic carbocycles. The molecule has 0 radical (unpaired) electrons. The number of halogens is 4. The molecule has 1 fully saturated rings. The van der Waals surface area contributed by atoms with E-state index in [1.54, 1.807) is 5.32 Å². The minimum Gasteiger partial charge on any atom is -0.480 e. The largest absolute Gasteiger partial charge is 0.480 e. The van der Waals surface area contributed by atoms with Crippen LogP contribution in [-0.2, 0) is 9.59 Å². The maximum atomic E-state index is 11.9. The second-order valence-electron chi connectivity index (χ2n) is 4.67. The molecule has 0 aliphatic carbocycles. The number of likely N-dealkylation sites (tertiary alicyclic amines) is 1. The summed E-state index contributed by atoms with van der Waals surface area (Å²) in [5.41, 5.74) is 0. The zero-order chi connectivity index (χ0) is 16.0. The summed E-state index contributed by atoms with van der Waals surface area (Å²) in [5, 5.41) is 12.2. The third-order valence-electron chi connectivity index (χ3n) is 2.95. The lowest BCUT2D eigenvalue weighted by atomic mass is 10.0. The number of imide groups is 1. The molecule has 3 N–H and O–H groups in total. The van der Waals surface area contributed by atoms with Crippen LogP contribution in [0.3, 0.4) is 0 Å². The highest BCUT2D eigenvalue weighted by atomic mass is 35.5. The second-order valence-corrected chi connectivity index (χ2v) is 4.67. The van der Waals surface area contributed by atoms with Crippen molar-refractivity contribution >= 4 is 30.3 Å². The fourth-order valence-corrected chi connectivity index (χ4v) is 2.04. The zero-order valence-electron chi connectivity index (χ0n) is 11.5. The van der Waals surface area contributed by atoms with E-state index >= 15 is 0 Å². The zero-order valence-corrected chi connectivity index (χ0v) is 12.3. The SMILES string of the molecule is Cl.O=C(CN1CCCCC1C(=O)O)NC(=O)NCC(F)(F)F. The maximum Gasteiger partial charge on any atom is 0.405 e. The number of carboxylic acid groups (broad SMARTS) is 1. The van der Waals surface area contributed by atoms with E-state index in [1.807, 2.05) is 0 Å². The van der Waals surface area contributed by atoms with E-state index in [-0.39, 0.29) is 19.0 Å². The first-order valence-electron chi connectivity index (χ1n) is 6.30. The number of carbonyl (C=O) groups is 3. The molecule has 0 aromatic heterocycles. The lowest BCUT2D eigenvalue weighted by molar-refractivity contribution is -0.145. The van der Waals surface area contributed by atoms with Gasteiger partial charge in [-0.25, -0.2) is 4.79 Å². The standard InChI is InChI=1S/C11H16F3N3O4.ClH/c12-11(13,14)6-15-10(21)16-8(18)5-17-4-2-1-3-7(17)9(19)20;/h7H,1-6H2,(H,19,20)(H2,15,16,18,21);1H. The lowest BCUT2D eigenvalue weighted by Gasteiger charge is -2.31. The van der Waals surface area contributed by atoms with Crippen molar-refractivity contribution in [3.63, 3.8) is 0 Å². The fourth-order valence-electron chi connectivity index (χ4n) is 2.04. The molecule has 0 spiro atoms. The van der Waals surface area contributed by atoms with Crippen molar-refractivity contribution in [3.8, 4) is 0 Å². The molecular formula is C11H17ClF3N3O4. The van der Waals surface area contributed by atoms with Crippen LogP contribution in [0.1, 0.15) is 19.3 Å². The van der Waals surface area contributed by atoms with Gasteiger partial charge in [0.25, 0.3) is 0 Å². The topological polar surface area (TPSA) is 98.7 Å². The first-order valence-corrected chi connectivity index (χ1v) is 6.30. The molecule has 0 saturated carbocycles. The van der Waals surface area contributed by atoms with Crippen LogP contribution in [0.25, 0.3) is 0 Å². The highest BCUT2D eigenvalue weighted by Gasteiger charge is 2.31. The van der Waals surface area contributed by atoms with Gasteiger partial charge in [0.15, 0.2) is 0 Å². The number of nitrogens with zero attached hydrogens (tertiary/aromatic N) is 1. The van der Waals surface area contributed by atoms with Crippen molar-refractivity contribution in [2.24, 2.45) is 0 Å². The normalized spacial score (nSPS) is 19.0. The average molecular weight is 348 g/mol. The van der Waals surface area contributed by atoms with Gasteiger partial charge in [0.2, 0.25) is 5.91 Å². The molecule has 1 heterocycles. The predicted octanol–water partition coefficient (Wildman–Crippen LogP) is 0.735. The average Bonchev–Trinajstić information content (AvgIpc) is 2.35. The maximum absolute atomic E-state index is 11.9. The van der Waals surface area contributed by atoms with Gasteiger partial charge in [-0.15, -0.1) is 12.4 Å². The molecule has 1 atom stereocenters. The Morgan fingerprint density at radius 2 is 1.86 bits per heavy atom. The van der Waals surface area contributed by atoms with Crippen molar-refractivity contribution in [2.75, 3.05) is 19.6 Å². The van der Waals surface area contributed by atoms with Crippen LogP contribution in [0.15, 0.2) is 0 Å². The highest BCUT2D eigenvalue weighted by Crippen LogP contribution is 2.16. The van der Waals surface area contributed by atoms with E-state index in [0.717, 1.165) is 12.8 Å². The number of piperidine rings is 1. The Morgan fingerprint density at radius 3 is 2.41 bits per heavy atom. The number of amides is 3. The lowest BCUT2D eigenvalue weighted by Crippen LogP contribution is -2.51. The number of nitrogens with one attached hydrogen (secondary N) is 2. The number of hydrogen-bond donors (Lipinski definition) is 3. The number of hydrogen-bond acceptors (Lipinski definition) is 4. The minimum atomic E-state index is -4.57. The summed E-state index contributed by atoms with van der Waals surface area (Å²) < 4.78 is 35.6. The second kappa shape index (κ2) is 8.79. The Hall–Kier alpha value is -1.55. The molecule has 128 valence electrons. The number of rotatable bonds is 4. The Kier molecular flexibility index (Phi) is 8.17. The molecule has 3 amide bonds. The quantitative estimate of drug-likeness (QED) is 0.696. The number of aliphatic carboxylic acids is 1. The third kappa shape index (κ3) is 7.46. The van der Waals surface area contributed by atoms with Crippen molar-refractivity contribution in [3.05, 3.63) is 0 Å². The third-order valence-corrected chi connectivity index (χ3v) is 2.95. The molecule has 1 unspecified atom stereocenters. The monoisotopic (exact) mass is 347 g/mol. The van der Waals surface area contributed by atoms with Gasteiger partial charge < -0.3 is 10.4 Å². The van der Waals surface area contributed by atoms with Gasteiger partial charge in [-0.3, -0.25) is 19.8 Å². The first kappa shape index (κ1) is 20.5. The minimum absolute atomic E-state index is 0. The van der Waals surface area contributed by atoms with Crippen LogP contribution in [-0.4, -0.2) is 59.8 Å². The fraction of sp³-hybridized carbons (Fsp3) is 0.727. The Bertz CT molecular complexity index is 420. The Morgan fingerprint density at radius 1 is 1.23 bits per heavy atom. The number of carboxylic acids is 1. The van der Waals surface area contributed by atoms with E-state index in [4.69, 9.17) is 5.11 Å². The van der Waals surface area contributed by atoms with Gasteiger partial charge >= 0.3 is 18.2 Å². The van der Waals surface area contributed by atoms with Crippen LogP contribution < -0.4 is 10.6 Å². The summed E-state index contributed by atoms with van der Waals surface area (Å²) in [4.78, 5) is 35.0. The summed E-state index contributed by atoms with van der Waals surface area (Å²) in [6, 6.07) is -2.08. The Labute approximate surface area is 130 Å². The molecule has 1 saturated heterocycles. The molecular weight excluding hydrogens is 331 g/mol. The molecule has 1 aliphatic rings. The van der Waals surface area contributed by atoms with E-state index < -0.39 is 36.7 Å². The number of alkyl halides is 3.